The monoisotopic (exact) mass is 867 g/mol. The third-order valence-corrected chi connectivity index (χ3v) is 10.2. The zero-order chi connectivity index (χ0) is 39.1. The first-order chi connectivity index (χ1) is 25.9. The van der Waals surface area contributed by atoms with Crippen molar-refractivity contribution in [2.24, 2.45) is 0 Å². The number of Topliss-reactive ketones (excluding diaryl/α,β-unsaturated/α-hetero) is 4. The number of rotatable bonds is 12. The van der Waals surface area contributed by atoms with Crippen LogP contribution in [0.2, 0.25) is 20.1 Å². The molecule has 2 aliphatic rings. The van der Waals surface area contributed by atoms with Crippen LogP contribution in [0.1, 0.15) is 94.6 Å². The smallest absolute Gasteiger partial charge is 0.872 e. The Morgan fingerprint density at radius 1 is 0.527 bits per heavy atom. The fourth-order valence-corrected chi connectivity index (χ4v) is 7.36. The summed E-state index contributed by atoms with van der Waals surface area (Å²) in [6.45, 7) is 5.21. The molecule has 0 bridgehead atoms. The largest absolute Gasteiger partial charge is 2.00 e. The van der Waals surface area contributed by atoms with Gasteiger partial charge < -0.3 is 20.8 Å². The maximum atomic E-state index is 13.1. The van der Waals surface area contributed by atoms with Gasteiger partial charge in [0.05, 0.1) is 12.1 Å². The summed E-state index contributed by atoms with van der Waals surface area (Å²) in [4.78, 5) is 50.8. The van der Waals surface area contributed by atoms with Crippen LogP contribution in [0.5, 0.6) is 0 Å². The van der Waals surface area contributed by atoms with Crippen LogP contribution >= 0.6 is 46.4 Å². The first-order valence-electron chi connectivity index (χ1n) is 17.5. The van der Waals surface area contributed by atoms with Gasteiger partial charge in [0, 0.05) is 42.4 Å². The van der Waals surface area contributed by atoms with Gasteiger partial charge in [-0.15, -0.1) is 0 Å². The number of benzene rings is 4. The number of fused-ring (bicyclic) bond motifs is 2. The molecule has 1 radical (unpaired) electrons. The van der Waals surface area contributed by atoms with E-state index in [0.717, 1.165) is 25.7 Å². The zero-order valence-corrected chi connectivity index (χ0v) is 33.7. The summed E-state index contributed by atoms with van der Waals surface area (Å²) in [7, 11) is 0. The molecule has 0 spiro atoms. The standard InChI is InChI=1S/2C21H19Cl2NO3.Cu/c2*1-2-3-10-24-18(15-9-8-12(22)11-16(15)23)17-19(25)13-6-4-5-7-14(13)20(26)21(17)27;/h2*4-9,11,18,24-25H,2-3,10H2,1H3;/q;;+2/p-2. The van der Waals surface area contributed by atoms with Gasteiger partial charge in [0.1, 0.15) is 0 Å². The molecule has 2 atom stereocenters. The number of nitrogens with one attached hydrogen (secondary N) is 2. The molecule has 0 saturated carbocycles. The van der Waals surface area contributed by atoms with Crippen LogP contribution in [-0.2, 0) is 26.7 Å². The average Bonchev–Trinajstić information content (AvgIpc) is 3.16. The van der Waals surface area contributed by atoms with E-state index in [1.165, 1.54) is 12.1 Å². The Bertz CT molecular complexity index is 2030. The van der Waals surface area contributed by atoms with E-state index in [9.17, 15) is 29.4 Å². The fraction of sp³-hybridized carbons (Fsp3) is 0.238. The number of carbonyl (C=O) groups is 4. The Labute approximate surface area is 350 Å². The molecule has 0 saturated heterocycles. The third-order valence-electron chi connectivity index (χ3n) is 9.11. The minimum Gasteiger partial charge on any atom is -0.872 e. The predicted octanol–water partition coefficient (Wildman–Crippen LogP) is 7.92. The summed E-state index contributed by atoms with van der Waals surface area (Å²) >= 11 is 24.7. The van der Waals surface area contributed by atoms with E-state index in [1.54, 1.807) is 72.8 Å². The molecule has 289 valence electrons. The molecule has 6 rings (SSSR count). The van der Waals surface area contributed by atoms with Crippen molar-refractivity contribution >= 4 is 81.1 Å². The Morgan fingerprint density at radius 2 is 0.873 bits per heavy atom. The molecular formula is C42H36Cl4CuN2O6. The van der Waals surface area contributed by atoms with Gasteiger partial charge in [-0.1, -0.05) is 145 Å². The van der Waals surface area contributed by atoms with E-state index >= 15 is 0 Å². The molecule has 0 aromatic heterocycles. The van der Waals surface area contributed by atoms with E-state index < -0.39 is 46.7 Å². The molecule has 2 aliphatic carbocycles. The maximum absolute atomic E-state index is 13.1. The second-order valence-electron chi connectivity index (χ2n) is 12.7. The summed E-state index contributed by atoms with van der Waals surface area (Å²) in [5, 5.41) is 34.2. The Balaban J connectivity index is 0.000000240. The first kappa shape index (κ1) is 44.0. The van der Waals surface area contributed by atoms with Gasteiger partial charge in [-0.25, -0.2) is 0 Å². The Morgan fingerprint density at radius 3 is 1.20 bits per heavy atom. The topological polar surface area (TPSA) is 138 Å². The Kier molecular flexibility index (Phi) is 15.9. The molecule has 8 nitrogen and oxygen atoms in total. The summed E-state index contributed by atoms with van der Waals surface area (Å²) < 4.78 is 0. The minimum absolute atomic E-state index is 0. The Hall–Kier alpha value is -3.76. The fourth-order valence-electron chi connectivity index (χ4n) is 6.32. The molecule has 4 aromatic rings. The van der Waals surface area contributed by atoms with Crippen molar-refractivity contribution in [3.05, 3.63) is 150 Å². The van der Waals surface area contributed by atoms with E-state index in [2.05, 4.69) is 10.6 Å². The molecule has 2 N–H and O–H groups in total. The minimum atomic E-state index is -0.793. The van der Waals surface area contributed by atoms with Gasteiger partial charge in [-0.2, -0.15) is 0 Å². The number of unbranched alkanes of at least 4 members (excludes halogenated alkanes) is 2. The van der Waals surface area contributed by atoms with Gasteiger partial charge in [-0.3, -0.25) is 19.2 Å². The van der Waals surface area contributed by atoms with Gasteiger partial charge in [-0.05, 0) is 72.5 Å². The summed E-state index contributed by atoms with van der Waals surface area (Å²) in [6, 6.07) is 20.9. The second-order valence-corrected chi connectivity index (χ2v) is 14.4. The summed E-state index contributed by atoms with van der Waals surface area (Å²) in [6.07, 6.45) is 3.57. The first-order valence-corrected chi connectivity index (χ1v) is 19.0. The zero-order valence-electron chi connectivity index (χ0n) is 29.7. The number of hydrogen-bond donors (Lipinski definition) is 2. The van der Waals surface area contributed by atoms with Gasteiger partial charge in [0.15, 0.2) is 0 Å². The van der Waals surface area contributed by atoms with Crippen molar-refractivity contribution in [2.75, 3.05) is 13.1 Å². The van der Waals surface area contributed by atoms with Crippen LogP contribution in [-0.4, -0.2) is 36.2 Å². The van der Waals surface area contributed by atoms with Crippen LogP contribution in [0.15, 0.2) is 96.1 Å². The van der Waals surface area contributed by atoms with Crippen molar-refractivity contribution < 1.29 is 46.5 Å². The van der Waals surface area contributed by atoms with Crippen LogP contribution in [0.4, 0.5) is 0 Å². The third kappa shape index (κ3) is 9.62. The van der Waals surface area contributed by atoms with Crippen molar-refractivity contribution in [3.8, 4) is 0 Å². The predicted molar refractivity (Wildman–Crippen MR) is 210 cm³/mol. The van der Waals surface area contributed by atoms with Crippen LogP contribution < -0.4 is 20.8 Å². The SMILES string of the molecule is CCCCNC(C1=C([O-])c2ccccc2C(=O)C1=O)c1ccc(Cl)cc1Cl.CCCCNC(C1=C([O-])c2ccccc2C(=O)C1=O)c1ccc(Cl)cc1Cl.[Cu+2]. The van der Waals surface area contributed by atoms with E-state index in [4.69, 9.17) is 46.4 Å². The molecule has 4 aromatic carbocycles. The summed E-state index contributed by atoms with van der Waals surface area (Å²) in [5.41, 5.74) is 1.66. The molecule has 0 aliphatic heterocycles. The number of ketones is 4. The molecule has 0 heterocycles. The summed E-state index contributed by atoms with van der Waals surface area (Å²) in [5.74, 6) is -3.83. The van der Waals surface area contributed by atoms with Crippen molar-refractivity contribution in [1.29, 1.82) is 0 Å². The van der Waals surface area contributed by atoms with Crippen molar-refractivity contribution in [3.63, 3.8) is 0 Å². The molecule has 55 heavy (non-hydrogen) atoms. The molecular weight excluding hydrogens is 834 g/mol. The molecule has 0 fully saturated rings. The second kappa shape index (κ2) is 19.9. The number of hydrogen-bond acceptors (Lipinski definition) is 8. The van der Waals surface area contributed by atoms with Crippen molar-refractivity contribution in [1.82, 2.24) is 10.6 Å². The van der Waals surface area contributed by atoms with Gasteiger partial charge in [0.2, 0.25) is 23.1 Å². The molecule has 2 unspecified atom stereocenters. The molecule has 13 heteroatoms. The van der Waals surface area contributed by atoms with Gasteiger partial charge >= 0.3 is 17.1 Å². The van der Waals surface area contributed by atoms with Crippen LogP contribution in [0.3, 0.4) is 0 Å². The van der Waals surface area contributed by atoms with Crippen LogP contribution in [0, 0.1) is 0 Å². The van der Waals surface area contributed by atoms with Crippen molar-refractivity contribution in [2.45, 2.75) is 51.6 Å². The van der Waals surface area contributed by atoms with E-state index in [-0.39, 0.29) is 50.5 Å². The number of carbonyl (C=O) groups excluding carboxylic acids is 4. The van der Waals surface area contributed by atoms with Crippen LogP contribution in [0.25, 0.3) is 11.5 Å². The quantitative estimate of drug-likeness (QED) is 0.0833. The average molecular weight is 870 g/mol. The van der Waals surface area contributed by atoms with E-state index in [1.807, 2.05) is 13.8 Å². The van der Waals surface area contributed by atoms with E-state index in [0.29, 0.717) is 44.3 Å². The molecule has 0 amide bonds. The van der Waals surface area contributed by atoms with Gasteiger partial charge in [0.25, 0.3) is 0 Å². The normalized spacial score (nSPS) is 14.8. The number of halogens is 4. The maximum Gasteiger partial charge on any atom is 2.00 e.